The summed E-state index contributed by atoms with van der Waals surface area (Å²) < 4.78 is 9.97. The van der Waals surface area contributed by atoms with Crippen molar-refractivity contribution in [1.82, 2.24) is 26.6 Å². The maximum absolute atomic E-state index is 13.7. The SMILES string of the molecule is COC(=O)C[C@H](O)[C@H](CC(C)C)NC(=O)[C@H](C)NC(=O)C[C@H](O)[C@H](CC(C)C)NC(=O)[C@H](CCC(N)=O)NC(=O)[C@H](Cc1ccccc1)NC(=O)OC(C)(C)C. The van der Waals surface area contributed by atoms with Crippen LogP contribution in [0.25, 0.3) is 0 Å². The molecule has 1 rings (SSSR count). The third-order valence-corrected chi connectivity index (χ3v) is 8.41. The molecule has 56 heavy (non-hydrogen) atoms. The number of carbonyl (C=O) groups excluding carboxylic acids is 7. The number of ether oxygens (including phenoxy) is 2. The van der Waals surface area contributed by atoms with E-state index in [0.717, 1.165) is 0 Å². The van der Waals surface area contributed by atoms with Gasteiger partial charge >= 0.3 is 12.1 Å². The van der Waals surface area contributed by atoms with Crippen LogP contribution in [0.5, 0.6) is 0 Å². The molecule has 0 heterocycles. The van der Waals surface area contributed by atoms with E-state index >= 15 is 0 Å². The van der Waals surface area contributed by atoms with E-state index in [9.17, 15) is 43.8 Å². The Kier molecular flexibility index (Phi) is 21.1. The van der Waals surface area contributed by atoms with Crippen molar-refractivity contribution in [3.63, 3.8) is 0 Å². The second-order valence-corrected chi connectivity index (χ2v) is 15.9. The predicted molar refractivity (Wildman–Crippen MR) is 207 cm³/mol. The van der Waals surface area contributed by atoms with Gasteiger partial charge in [-0.2, -0.15) is 0 Å². The largest absolute Gasteiger partial charge is 0.469 e. The van der Waals surface area contributed by atoms with Crippen LogP contribution in [0, 0.1) is 11.8 Å². The molecule has 0 aromatic heterocycles. The first-order chi connectivity index (χ1) is 26.0. The summed E-state index contributed by atoms with van der Waals surface area (Å²) in [5, 5.41) is 34.8. The van der Waals surface area contributed by atoms with Gasteiger partial charge in [0.05, 0.1) is 44.2 Å². The Morgan fingerprint density at radius 1 is 0.714 bits per heavy atom. The number of carbonyl (C=O) groups is 7. The van der Waals surface area contributed by atoms with Crippen molar-refractivity contribution in [2.75, 3.05) is 7.11 Å². The molecular weight excluding hydrogens is 728 g/mol. The van der Waals surface area contributed by atoms with Gasteiger partial charge in [-0.3, -0.25) is 28.8 Å². The molecule has 0 saturated heterocycles. The Labute approximate surface area is 330 Å². The number of esters is 1. The second kappa shape index (κ2) is 24.0. The van der Waals surface area contributed by atoms with Crippen molar-refractivity contribution in [2.24, 2.45) is 17.6 Å². The molecule has 7 atom stereocenters. The summed E-state index contributed by atoms with van der Waals surface area (Å²) >= 11 is 0. The summed E-state index contributed by atoms with van der Waals surface area (Å²) in [6.45, 7) is 13.8. The maximum atomic E-state index is 13.7. The molecule has 1 aromatic rings. The Morgan fingerprint density at radius 2 is 1.23 bits per heavy atom. The number of methoxy groups -OCH3 is 1. The minimum atomic E-state index is -1.45. The number of nitrogens with one attached hydrogen (secondary N) is 5. The molecule has 0 bridgehead atoms. The zero-order chi connectivity index (χ0) is 42.7. The fraction of sp³-hybridized carbons (Fsp3) is 0.667. The molecule has 9 N–H and O–H groups in total. The number of primary amides is 1. The fourth-order valence-electron chi connectivity index (χ4n) is 5.66. The highest BCUT2D eigenvalue weighted by atomic mass is 16.6. The van der Waals surface area contributed by atoms with E-state index in [2.05, 4.69) is 31.3 Å². The van der Waals surface area contributed by atoms with Crippen LogP contribution in [-0.4, -0.2) is 107 Å². The molecule has 1 aromatic carbocycles. The van der Waals surface area contributed by atoms with E-state index in [-0.39, 0.29) is 43.9 Å². The number of hydrogen-bond acceptors (Lipinski definition) is 11. The third-order valence-electron chi connectivity index (χ3n) is 8.41. The highest BCUT2D eigenvalue weighted by Crippen LogP contribution is 2.15. The fourth-order valence-corrected chi connectivity index (χ4v) is 5.66. The zero-order valence-corrected chi connectivity index (χ0v) is 34.2. The predicted octanol–water partition coefficient (Wildman–Crippen LogP) is 1.11. The van der Waals surface area contributed by atoms with Crippen molar-refractivity contribution in [1.29, 1.82) is 0 Å². The highest BCUT2D eigenvalue weighted by molar-refractivity contribution is 5.92. The number of rotatable bonds is 23. The first-order valence-electron chi connectivity index (χ1n) is 19.0. The number of nitrogens with two attached hydrogens (primary N) is 1. The number of benzene rings is 1. The van der Waals surface area contributed by atoms with E-state index in [4.69, 9.17) is 10.5 Å². The quantitative estimate of drug-likeness (QED) is 0.0728. The van der Waals surface area contributed by atoms with Crippen molar-refractivity contribution < 1.29 is 53.2 Å². The average Bonchev–Trinajstić information content (AvgIpc) is 3.07. The molecule has 0 unspecified atom stereocenters. The molecule has 0 radical (unpaired) electrons. The van der Waals surface area contributed by atoms with Gasteiger partial charge < -0.3 is 52.0 Å². The van der Waals surface area contributed by atoms with Crippen LogP contribution in [0.15, 0.2) is 30.3 Å². The molecule has 0 aliphatic heterocycles. The van der Waals surface area contributed by atoms with Crippen LogP contribution < -0.4 is 32.3 Å². The number of amides is 6. The smallest absolute Gasteiger partial charge is 0.408 e. The topological polar surface area (TPSA) is 265 Å². The lowest BCUT2D eigenvalue weighted by molar-refractivity contribution is -0.144. The lowest BCUT2D eigenvalue weighted by Crippen LogP contribution is -2.57. The van der Waals surface area contributed by atoms with Gasteiger partial charge in [0.25, 0.3) is 0 Å². The molecule has 17 heteroatoms. The van der Waals surface area contributed by atoms with E-state index in [1.807, 2.05) is 27.7 Å². The number of hydrogen-bond donors (Lipinski definition) is 8. The lowest BCUT2D eigenvalue weighted by atomic mass is 9.96. The normalized spacial score (nSPS) is 15.2. The maximum Gasteiger partial charge on any atom is 0.408 e. The molecule has 17 nitrogen and oxygen atoms in total. The van der Waals surface area contributed by atoms with Crippen molar-refractivity contribution in [2.45, 2.75) is 148 Å². The van der Waals surface area contributed by atoms with Gasteiger partial charge in [0.15, 0.2) is 0 Å². The summed E-state index contributed by atoms with van der Waals surface area (Å²) in [7, 11) is 1.19. The van der Waals surface area contributed by atoms with Crippen LogP contribution in [0.3, 0.4) is 0 Å². The lowest BCUT2D eigenvalue weighted by Gasteiger charge is -2.29. The number of aliphatic hydroxyl groups excluding tert-OH is 2. The van der Waals surface area contributed by atoms with Gasteiger partial charge in [0, 0.05) is 12.8 Å². The minimum Gasteiger partial charge on any atom is -0.469 e. The second-order valence-electron chi connectivity index (χ2n) is 15.9. The molecule has 0 fully saturated rings. The van der Waals surface area contributed by atoms with Crippen molar-refractivity contribution >= 4 is 41.6 Å². The molecule has 316 valence electrons. The van der Waals surface area contributed by atoms with Gasteiger partial charge in [-0.15, -0.1) is 0 Å². The first kappa shape index (κ1) is 49.2. The first-order valence-corrected chi connectivity index (χ1v) is 19.0. The monoisotopic (exact) mass is 792 g/mol. The summed E-state index contributed by atoms with van der Waals surface area (Å²) in [5.74, 6) is -4.27. The molecule has 6 amide bonds. The van der Waals surface area contributed by atoms with Crippen LogP contribution in [0.1, 0.15) is 99.5 Å². The summed E-state index contributed by atoms with van der Waals surface area (Å²) in [4.78, 5) is 89.7. The van der Waals surface area contributed by atoms with E-state index in [1.165, 1.54) is 14.0 Å². The van der Waals surface area contributed by atoms with Gasteiger partial charge in [0.1, 0.15) is 23.7 Å². The zero-order valence-electron chi connectivity index (χ0n) is 34.2. The molecule has 0 aliphatic rings. The van der Waals surface area contributed by atoms with E-state index in [1.54, 1.807) is 51.1 Å². The van der Waals surface area contributed by atoms with Crippen LogP contribution in [-0.2, 0) is 44.7 Å². The third kappa shape index (κ3) is 20.2. The van der Waals surface area contributed by atoms with Crippen molar-refractivity contribution in [3.05, 3.63) is 35.9 Å². The van der Waals surface area contributed by atoms with Crippen LogP contribution in [0.4, 0.5) is 4.79 Å². The summed E-state index contributed by atoms with van der Waals surface area (Å²) in [6, 6.07) is 3.42. The van der Waals surface area contributed by atoms with Crippen molar-refractivity contribution in [3.8, 4) is 0 Å². The molecule has 0 aliphatic carbocycles. The van der Waals surface area contributed by atoms with Crippen LogP contribution >= 0.6 is 0 Å². The Hall–Kier alpha value is -4.77. The Balaban J connectivity index is 3.14. The summed E-state index contributed by atoms with van der Waals surface area (Å²) in [5.41, 5.74) is 5.22. The average molecular weight is 793 g/mol. The van der Waals surface area contributed by atoms with E-state index < -0.39 is 96.0 Å². The van der Waals surface area contributed by atoms with Crippen LogP contribution in [0.2, 0.25) is 0 Å². The molecular formula is C39H64N6O11. The van der Waals surface area contributed by atoms with E-state index in [0.29, 0.717) is 12.0 Å². The molecule has 0 spiro atoms. The Morgan fingerprint density at radius 3 is 1.73 bits per heavy atom. The van der Waals surface area contributed by atoms with Gasteiger partial charge in [-0.25, -0.2) is 4.79 Å². The number of alkyl carbamates (subject to hydrolysis) is 1. The summed E-state index contributed by atoms with van der Waals surface area (Å²) in [6.07, 6.45) is -4.29. The standard InChI is InChI=1S/C39H64N6O11/c1-22(2)17-27(30(46)20-33(49)41-24(5)35(51)43-28(18-23(3)4)31(47)21-34(50)55-9)44-36(52)26(15-16-32(40)48)42-37(53)29(19-25-13-11-10-12-14-25)45-38(54)56-39(6,7)8/h10-14,22-24,26-31,46-47H,15-21H2,1-9H3,(H2,40,48)(H,41,49)(H,42,53)(H,43,51)(H,44,52)(H,45,54)/t24-,26-,27-,28-,29-,30-,31-/m0/s1. The minimum absolute atomic E-state index is 0.0444. The Bertz CT molecular complexity index is 1450. The van der Waals surface area contributed by atoms with Gasteiger partial charge in [-0.05, 0) is 64.4 Å². The highest BCUT2D eigenvalue weighted by Gasteiger charge is 2.33. The van der Waals surface area contributed by atoms with Gasteiger partial charge in [-0.1, -0.05) is 58.0 Å². The molecule has 0 saturated carbocycles. The van der Waals surface area contributed by atoms with Gasteiger partial charge in [0.2, 0.25) is 29.5 Å². The number of aliphatic hydroxyl groups is 2.